The van der Waals surface area contributed by atoms with Gasteiger partial charge in [0.2, 0.25) is 0 Å². The van der Waals surface area contributed by atoms with Gasteiger partial charge in [0.1, 0.15) is 4.99 Å². The Balaban J connectivity index is 2.70. The predicted octanol–water partition coefficient (Wildman–Crippen LogP) is 2.72. The average molecular weight is 259 g/mol. The molecule has 0 spiro atoms. The minimum Gasteiger partial charge on any atom is -0.389 e. The van der Waals surface area contributed by atoms with Crippen molar-refractivity contribution < 1.29 is 0 Å². The fourth-order valence-electron chi connectivity index (χ4n) is 2.17. The first-order valence-corrected chi connectivity index (χ1v) is 6.44. The van der Waals surface area contributed by atoms with Gasteiger partial charge in [-0.3, -0.25) is 4.98 Å². The number of hydrogen-bond donors (Lipinski definition) is 1. The van der Waals surface area contributed by atoms with Gasteiger partial charge in [0.05, 0.1) is 16.8 Å². The lowest BCUT2D eigenvalue weighted by molar-refractivity contribution is 0.854. The zero-order valence-electron chi connectivity index (χ0n) is 10.7. The summed E-state index contributed by atoms with van der Waals surface area (Å²) < 4.78 is 0. The molecule has 0 saturated heterocycles. The monoisotopic (exact) mass is 259 g/mol. The van der Waals surface area contributed by atoms with Crippen LogP contribution >= 0.6 is 12.2 Å². The highest BCUT2D eigenvalue weighted by Crippen LogP contribution is 2.28. The number of nitrogens with two attached hydrogens (primary N) is 1. The van der Waals surface area contributed by atoms with Crippen molar-refractivity contribution in [1.82, 2.24) is 4.98 Å². The molecular weight excluding hydrogens is 242 g/mol. The van der Waals surface area contributed by atoms with Crippen LogP contribution in [0.5, 0.6) is 0 Å². The van der Waals surface area contributed by atoms with Crippen LogP contribution in [0.15, 0.2) is 30.5 Å². The molecule has 2 rings (SSSR count). The van der Waals surface area contributed by atoms with Crippen molar-refractivity contribution in [3.8, 4) is 0 Å². The number of fused-ring (bicyclic) bond motifs is 1. The summed E-state index contributed by atoms with van der Waals surface area (Å²) in [4.78, 5) is 7.00. The third-order valence-corrected chi connectivity index (χ3v) is 3.17. The van der Waals surface area contributed by atoms with Gasteiger partial charge in [-0.05, 0) is 12.5 Å². The summed E-state index contributed by atoms with van der Waals surface area (Å²) >= 11 is 5.13. The molecule has 0 bridgehead atoms. The topological polar surface area (TPSA) is 42.1 Å². The molecule has 18 heavy (non-hydrogen) atoms. The highest BCUT2D eigenvalue weighted by molar-refractivity contribution is 7.80. The zero-order chi connectivity index (χ0) is 13.1. The van der Waals surface area contributed by atoms with Crippen LogP contribution in [0.4, 0.5) is 5.69 Å². The van der Waals surface area contributed by atoms with Crippen LogP contribution < -0.4 is 10.6 Å². The van der Waals surface area contributed by atoms with Gasteiger partial charge in [0, 0.05) is 25.2 Å². The van der Waals surface area contributed by atoms with E-state index in [0.29, 0.717) is 4.99 Å². The number of aromatic nitrogens is 1. The third kappa shape index (κ3) is 2.29. The number of thiocarbonyl (C=S) groups is 1. The molecule has 0 aliphatic rings. The molecule has 94 valence electrons. The Labute approximate surface area is 113 Å². The molecule has 3 nitrogen and oxygen atoms in total. The van der Waals surface area contributed by atoms with Crippen LogP contribution in [0, 0.1) is 0 Å². The molecular formula is C14H17N3S. The number of para-hydroxylation sites is 1. The van der Waals surface area contributed by atoms with Gasteiger partial charge in [-0.15, -0.1) is 0 Å². The Hall–Kier alpha value is -1.68. The van der Waals surface area contributed by atoms with Crippen molar-refractivity contribution in [1.29, 1.82) is 0 Å². The standard InChI is InChI=1S/C14H17N3S/c1-3-8-17(2)13-10-6-4-5-7-12(10)16-9-11(13)14(15)18/h4-7,9H,3,8H2,1-2H3,(H2,15,18). The van der Waals surface area contributed by atoms with Crippen LogP contribution in [-0.4, -0.2) is 23.6 Å². The molecule has 2 N–H and O–H groups in total. The number of rotatable bonds is 4. The lowest BCUT2D eigenvalue weighted by Gasteiger charge is -2.23. The molecule has 1 heterocycles. The van der Waals surface area contributed by atoms with E-state index in [2.05, 4.69) is 29.9 Å². The summed E-state index contributed by atoms with van der Waals surface area (Å²) in [7, 11) is 2.06. The van der Waals surface area contributed by atoms with Crippen LogP contribution in [0.1, 0.15) is 18.9 Å². The van der Waals surface area contributed by atoms with Crippen molar-refractivity contribution in [2.75, 3.05) is 18.5 Å². The zero-order valence-corrected chi connectivity index (χ0v) is 11.5. The molecule has 2 aromatic rings. The highest BCUT2D eigenvalue weighted by atomic mass is 32.1. The van der Waals surface area contributed by atoms with Crippen molar-refractivity contribution in [2.45, 2.75) is 13.3 Å². The van der Waals surface area contributed by atoms with Gasteiger partial charge in [-0.25, -0.2) is 0 Å². The number of pyridine rings is 1. The summed E-state index contributed by atoms with van der Waals surface area (Å²) in [5.41, 5.74) is 8.70. The maximum Gasteiger partial charge on any atom is 0.107 e. The van der Waals surface area contributed by atoms with Gasteiger partial charge in [-0.2, -0.15) is 0 Å². The van der Waals surface area contributed by atoms with Crippen LogP contribution in [-0.2, 0) is 0 Å². The Morgan fingerprint density at radius 1 is 1.39 bits per heavy atom. The first kappa shape index (κ1) is 12.8. The van der Waals surface area contributed by atoms with Gasteiger partial charge < -0.3 is 10.6 Å². The molecule has 4 heteroatoms. The van der Waals surface area contributed by atoms with E-state index < -0.39 is 0 Å². The fraction of sp³-hybridized carbons (Fsp3) is 0.286. The second kappa shape index (κ2) is 5.31. The summed E-state index contributed by atoms with van der Waals surface area (Å²) in [6, 6.07) is 8.06. The van der Waals surface area contributed by atoms with Crippen molar-refractivity contribution in [3.63, 3.8) is 0 Å². The minimum absolute atomic E-state index is 0.395. The summed E-state index contributed by atoms with van der Waals surface area (Å²) in [6.45, 7) is 3.12. The molecule has 0 radical (unpaired) electrons. The Bertz CT molecular complexity index is 580. The van der Waals surface area contributed by atoms with Crippen molar-refractivity contribution >= 4 is 33.8 Å². The molecule has 0 atom stereocenters. The molecule has 0 saturated carbocycles. The van der Waals surface area contributed by atoms with Crippen LogP contribution in [0.25, 0.3) is 10.9 Å². The van der Waals surface area contributed by atoms with E-state index in [1.54, 1.807) is 6.20 Å². The van der Waals surface area contributed by atoms with E-state index >= 15 is 0 Å². The van der Waals surface area contributed by atoms with Crippen LogP contribution in [0.2, 0.25) is 0 Å². The van der Waals surface area contributed by atoms with Crippen molar-refractivity contribution in [3.05, 3.63) is 36.0 Å². The summed E-state index contributed by atoms with van der Waals surface area (Å²) in [6.07, 6.45) is 2.84. The highest BCUT2D eigenvalue weighted by Gasteiger charge is 2.13. The molecule has 1 aromatic heterocycles. The maximum absolute atomic E-state index is 5.80. The van der Waals surface area contributed by atoms with E-state index in [-0.39, 0.29) is 0 Å². The fourth-order valence-corrected chi connectivity index (χ4v) is 2.31. The smallest absolute Gasteiger partial charge is 0.107 e. The summed E-state index contributed by atoms with van der Waals surface area (Å²) in [5.74, 6) is 0. The van der Waals surface area contributed by atoms with E-state index in [1.807, 2.05) is 18.2 Å². The number of nitrogens with zero attached hydrogens (tertiary/aromatic N) is 2. The quantitative estimate of drug-likeness (QED) is 0.857. The third-order valence-electron chi connectivity index (χ3n) is 2.95. The first-order valence-electron chi connectivity index (χ1n) is 6.03. The largest absolute Gasteiger partial charge is 0.389 e. The Morgan fingerprint density at radius 2 is 2.11 bits per heavy atom. The average Bonchev–Trinajstić information content (AvgIpc) is 2.37. The Morgan fingerprint density at radius 3 is 2.78 bits per heavy atom. The number of hydrogen-bond acceptors (Lipinski definition) is 3. The van der Waals surface area contributed by atoms with Gasteiger partial charge in [-0.1, -0.05) is 37.3 Å². The SMILES string of the molecule is CCCN(C)c1c(C(N)=S)cnc2ccccc12. The second-order valence-corrected chi connectivity index (χ2v) is 4.76. The maximum atomic E-state index is 5.80. The van der Waals surface area contributed by atoms with Crippen molar-refractivity contribution in [2.24, 2.45) is 5.73 Å². The molecule has 1 aromatic carbocycles. The second-order valence-electron chi connectivity index (χ2n) is 4.32. The lowest BCUT2D eigenvalue weighted by Crippen LogP contribution is -2.23. The number of benzene rings is 1. The molecule has 0 aliphatic heterocycles. The molecule has 0 fully saturated rings. The minimum atomic E-state index is 0.395. The normalized spacial score (nSPS) is 10.6. The predicted molar refractivity (Wildman–Crippen MR) is 81.2 cm³/mol. The van der Waals surface area contributed by atoms with Gasteiger partial charge >= 0.3 is 0 Å². The number of anilines is 1. The molecule has 0 aliphatic carbocycles. The molecule has 0 unspecified atom stereocenters. The Kier molecular flexibility index (Phi) is 3.77. The van der Waals surface area contributed by atoms with E-state index in [4.69, 9.17) is 18.0 Å². The van der Waals surface area contributed by atoms with E-state index in [1.165, 1.54) is 0 Å². The molecule has 0 amide bonds. The lowest BCUT2D eigenvalue weighted by atomic mass is 10.1. The van der Waals surface area contributed by atoms with E-state index in [9.17, 15) is 0 Å². The van der Waals surface area contributed by atoms with Gasteiger partial charge in [0.15, 0.2) is 0 Å². The van der Waals surface area contributed by atoms with Gasteiger partial charge in [0.25, 0.3) is 0 Å². The summed E-state index contributed by atoms with van der Waals surface area (Å²) in [5, 5.41) is 1.10. The van der Waals surface area contributed by atoms with Crippen LogP contribution in [0.3, 0.4) is 0 Å². The van der Waals surface area contributed by atoms with E-state index in [0.717, 1.165) is 35.1 Å². The first-order chi connectivity index (χ1) is 8.65.